The molecule has 0 aromatic heterocycles. The van der Waals surface area contributed by atoms with Crippen molar-refractivity contribution in [2.45, 2.75) is 25.3 Å². The van der Waals surface area contributed by atoms with E-state index in [9.17, 15) is 0 Å². The molecule has 2 rings (SSSR count). The Kier molecular flexibility index (Phi) is 3.36. The molecular weight excluding hydrogens is 170 g/mol. The van der Waals surface area contributed by atoms with E-state index in [-0.39, 0.29) is 0 Å². The van der Waals surface area contributed by atoms with Crippen molar-refractivity contribution in [3.8, 4) is 0 Å². The first-order valence-electron chi connectivity index (χ1n) is 5.42. The van der Waals surface area contributed by atoms with Crippen LogP contribution < -0.4 is 5.32 Å². The van der Waals surface area contributed by atoms with Gasteiger partial charge in [-0.15, -0.1) is 0 Å². The van der Waals surface area contributed by atoms with Crippen LogP contribution in [0.4, 0.5) is 0 Å². The molecule has 14 heavy (non-hydrogen) atoms. The van der Waals surface area contributed by atoms with Crippen LogP contribution in [-0.2, 0) is 0 Å². The number of piperidine rings is 1. The molecule has 0 amide bonds. The summed E-state index contributed by atoms with van der Waals surface area (Å²) in [5.74, 6) is 0. The minimum absolute atomic E-state index is 0.587. The Labute approximate surface area is 85.8 Å². The number of hydrogen-bond donors (Lipinski definition) is 1. The Morgan fingerprint density at radius 2 is 2.00 bits per heavy atom. The first-order chi connectivity index (χ1) is 6.95. The van der Waals surface area contributed by atoms with Crippen molar-refractivity contribution < 1.29 is 0 Å². The van der Waals surface area contributed by atoms with Crippen LogP contribution in [0.3, 0.4) is 0 Å². The van der Waals surface area contributed by atoms with Gasteiger partial charge in [0.2, 0.25) is 0 Å². The molecule has 1 heteroatoms. The highest BCUT2D eigenvalue weighted by molar-refractivity contribution is 5.49. The fourth-order valence-electron chi connectivity index (χ4n) is 1.83. The minimum Gasteiger partial charge on any atom is -0.311 e. The van der Waals surface area contributed by atoms with Gasteiger partial charge in [-0.3, -0.25) is 0 Å². The summed E-state index contributed by atoms with van der Waals surface area (Å²) in [6.07, 6.45) is 8.47. The number of hydrogen-bond acceptors (Lipinski definition) is 1. The summed E-state index contributed by atoms with van der Waals surface area (Å²) < 4.78 is 0. The summed E-state index contributed by atoms with van der Waals surface area (Å²) in [4.78, 5) is 0. The average molecular weight is 187 g/mol. The van der Waals surface area contributed by atoms with Crippen LogP contribution in [0, 0.1) is 0 Å². The lowest BCUT2D eigenvalue weighted by atomic mass is 10.0. The van der Waals surface area contributed by atoms with Gasteiger partial charge in [-0.25, -0.2) is 0 Å². The quantitative estimate of drug-likeness (QED) is 0.750. The lowest BCUT2D eigenvalue weighted by Gasteiger charge is -2.19. The molecule has 0 radical (unpaired) electrons. The number of rotatable bonds is 2. The van der Waals surface area contributed by atoms with E-state index in [0.717, 1.165) is 0 Å². The van der Waals surface area contributed by atoms with Gasteiger partial charge in [-0.2, -0.15) is 0 Å². The molecule has 1 heterocycles. The Balaban J connectivity index is 1.93. The van der Waals surface area contributed by atoms with Crippen LogP contribution in [0.15, 0.2) is 36.4 Å². The average Bonchev–Trinajstić information content (AvgIpc) is 2.29. The van der Waals surface area contributed by atoms with Crippen molar-refractivity contribution >= 4 is 6.08 Å². The lowest BCUT2D eigenvalue weighted by molar-refractivity contribution is 0.455. The van der Waals surface area contributed by atoms with Crippen molar-refractivity contribution in [1.29, 1.82) is 0 Å². The van der Waals surface area contributed by atoms with Gasteiger partial charge < -0.3 is 5.32 Å². The molecule has 0 unspecified atom stereocenters. The Morgan fingerprint density at radius 3 is 2.71 bits per heavy atom. The first kappa shape index (κ1) is 9.47. The maximum atomic E-state index is 3.50. The molecule has 1 nitrogen and oxygen atoms in total. The van der Waals surface area contributed by atoms with Gasteiger partial charge in [0, 0.05) is 6.04 Å². The van der Waals surface area contributed by atoms with Gasteiger partial charge in [0.05, 0.1) is 0 Å². The number of benzene rings is 1. The Morgan fingerprint density at radius 1 is 1.14 bits per heavy atom. The first-order valence-corrected chi connectivity index (χ1v) is 5.42. The third kappa shape index (κ3) is 2.71. The summed E-state index contributed by atoms with van der Waals surface area (Å²) >= 11 is 0. The van der Waals surface area contributed by atoms with Gasteiger partial charge in [0.15, 0.2) is 0 Å². The van der Waals surface area contributed by atoms with E-state index in [0.29, 0.717) is 6.04 Å². The van der Waals surface area contributed by atoms with E-state index in [2.05, 4.69) is 47.8 Å². The maximum Gasteiger partial charge on any atom is 0.0253 e. The molecule has 1 saturated heterocycles. The molecule has 1 aliphatic heterocycles. The van der Waals surface area contributed by atoms with E-state index in [1.807, 2.05) is 0 Å². The third-order valence-corrected chi connectivity index (χ3v) is 2.67. The van der Waals surface area contributed by atoms with E-state index < -0.39 is 0 Å². The molecule has 0 bridgehead atoms. The van der Waals surface area contributed by atoms with Gasteiger partial charge in [0.25, 0.3) is 0 Å². The SMILES string of the molecule is C(=C/[C@@H]1CCCCN1)/c1ccccc1. The fraction of sp³-hybridized carbons (Fsp3) is 0.385. The monoisotopic (exact) mass is 187 g/mol. The van der Waals surface area contributed by atoms with Crippen molar-refractivity contribution in [1.82, 2.24) is 5.32 Å². The second-order valence-corrected chi connectivity index (χ2v) is 3.83. The molecule has 0 spiro atoms. The van der Waals surface area contributed by atoms with Crippen LogP contribution >= 0.6 is 0 Å². The van der Waals surface area contributed by atoms with Gasteiger partial charge in [-0.1, -0.05) is 48.9 Å². The molecule has 1 aromatic rings. The fourth-order valence-corrected chi connectivity index (χ4v) is 1.83. The topological polar surface area (TPSA) is 12.0 Å². The van der Waals surface area contributed by atoms with Crippen LogP contribution in [0.25, 0.3) is 6.08 Å². The summed E-state index contributed by atoms with van der Waals surface area (Å²) in [6, 6.07) is 11.1. The van der Waals surface area contributed by atoms with Crippen LogP contribution in [0.1, 0.15) is 24.8 Å². The second kappa shape index (κ2) is 4.97. The molecule has 1 aromatic carbocycles. The van der Waals surface area contributed by atoms with Gasteiger partial charge in [-0.05, 0) is 24.9 Å². The molecule has 74 valence electrons. The number of nitrogens with one attached hydrogen (secondary N) is 1. The standard InChI is InChI=1S/C13H17N/c1-2-6-12(7-3-1)9-10-13-8-4-5-11-14-13/h1-3,6-7,9-10,13-14H,4-5,8,11H2/b10-9-/t13-/m0/s1. The predicted molar refractivity (Wildman–Crippen MR) is 61.1 cm³/mol. The summed E-state index contributed by atoms with van der Waals surface area (Å²) in [5, 5.41) is 3.50. The van der Waals surface area contributed by atoms with Gasteiger partial charge >= 0.3 is 0 Å². The van der Waals surface area contributed by atoms with Crippen molar-refractivity contribution in [2.75, 3.05) is 6.54 Å². The molecule has 0 aliphatic carbocycles. The summed E-state index contributed by atoms with van der Waals surface area (Å²) in [7, 11) is 0. The molecule has 1 fully saturated rings. The van der Waals surface area contributed by atoms with Crippen LogP contribution in [-0.4, -0.2) is 12.6 Å². The zero-order chi connectivity index (χ0) is 9.64. The van der Waals surface area contributed by atoms with E-state index in [4.69, 9.17) is 0 Å². The highest BCUT2D eigenvalue weighted by Gasteiger charge is 2.07. The van der Waals surface area contributed by atoms with E-state index in [1.165, 1.54) is 31.4 Å². The Bertz CT molecular complexity index is 283. The lowest BCUT2D eigenvalue weighted by Crippen LogP contribution is -2.31. The molecule has 0 saturated carbocycles. The molecule has 1 atom stereocenters. The molecular formula is C13H17N. The van der Waals surface area contributed by atoms with Crippen molar-refractivity contribution in [2.24, 2.45) is 0 Å². The van der Waals surface area contributed by atoms with Gasteiger partial charge in [0.1, 0.15) is 0 Å². The summed E-state index contributed by atoms with van der Waals surface area (Å²) in [6.45, 7) is 1.17. The smallest absolute Gasteiger partial charge is 0.0253 e. The van der Waals surface area contributed by atoms with E-state index in [1.54, 1.807) is 0 Å². The summed E-state index contributed by atoms with van der Waals surface area (Å²) in [5.41, 5.74) is 1.29. The highest BCUT2D eigenvalue weighted by Crippen LogP contribution is 2.10. The van der Waals surface area contributed by atoms with Crippen molar-refractivity contribution in [3.63, 3.8) is 0 Å². The molecule has 1 N–H and O–H groups in total. The largest absolute Gasteiger partial charge is 0.311 e. The second-order valence-electron chi connectivity index (χ2n) is 3.83. The highest BCUT2D eigenvalue weighted by atomic mass is 14.9. The molecule has 1 aliphatic rings. The minimum atomic E-state index is 0.587. The predicted octanol–water partition coefficient (Wildman–Crippen LogP) is 2.84. The van der Waals surface area contributed by atoms with Crippen LogP contribution in [0.2, 0.25) is 0 Å². The van der Waals surface area contributed by atoms with Crippen LogP contribution in [0.5, 0.6) is 0 Å². The zero-order valence-electron chi connectivity index (χ0n) is 8.45. The zero-order valence-corrected chi connectivity index (χ0v) is 8.45. The Hall–Kier alpha value is -1.08. The van der Waals surface area contributed by atoms with E-state index >= 15 is 0 Å². The van der Waals surface area contributed by atoms with Crippen molar-refractivity contribution in [3.05, 3.63) is 42.0 Å². The normalized spacial score (nSPS) is 22.7. The maximum absolute atomic E-state index is 3.50. The third-order valence-electron chi connectivity index (χ3n) is 2.67.